The third-order valence-corrected chi connectivity index (χ3v) is 9.50. The van der Waals surface area contributed by atoms with Gasteiger partial charge in [-0.25, -0.2) is 9.67 Å². The first kappa shape index (κ1) is 31.4. The lowest BCUT2D eigenvalue weighted by Crippen LogP contribution is -2.02. The molecule has 5 nitrogen and oxygen atoms in total. The predicted octanol–water partition coefficient (Wildman–Crippen LogP) is 11.4. The van der Waals surface area contributed by atoms with Crippen LogP contribution in [0.1, 0.15) is 72.3 Å². The topological polar surface area (TPSA) is 44.9 Å². The molecule has 48 heavy (non-hydrogen) atoms. The van der Waals surface area contributed by atoms with Crippen LogP contribution < -0.4 is 4.74 Å². The Morgan fingerprint density at radius 1 is 0.729 bits per heavy atom. The molecule has 0 amide bonds. The molecular formula is C43H44N4O. The molecule has 0 fully saturated rings. The average molecular weight is 633 g/mol. The average Bonchev–Trinajstić information content (AvgIpc) is 3.53. The SMILES string of the molecule is CCCc1ccnc(-n2c3ccccc3c3ccc(Oc4cc(C(C)C)cc(-n5nc(C)c(-c6c(C)cc(C)cc6C)c5C)c4)cc32)c1. The van der Waals surface area contributed by atoms with Crippen molar-refractivity contribution < 1.29 is 4.74 Å². The summed E-state index contributed by atoms with van der Waals surface area (Å²) in [5.74, 6) is 2.81. The molecule has 3 aromatic heterocycles. The number of hydrogen-bond acceptors (Lipinski definition) is 3. The Labute approximate surface area is 283 Å². The third kappa shape index (κ3) is 5.57. The van der Waals surface area contributed by atoms with Crippen LogP contribution in [0.25, 0.3) is 44.4 Å². The molecular weight excluding hydrogens is 589 g/mol. The van der Waals surface area contributed by atoms with Gasteiger partial charge < -0.3 is 4.74 Å². The summed E-state index contributed by atoms with van der Waals surface area (Å²) in [7, 11) is 0. The fourth-order valence-corrected chi connectivity index (χ4v) is 7.37. The summed E-state index contributed by atoms with van der Waals surface area (Å²) in [5.41, 5.74) is 14.2. The first-order chi connectivity index (χ1) is 23.1. The van der Waals surface area contributed by atoms with Crippen LogP contribution in [-0.4, -0.2) is 19.3 Å². The van der Waals surface area contributed by atoms with Gasteiger partial charge in [-0.15, -0.1) is 0 Å². The lowest BCUT2D eigenvalue weighted by molar-refractivity contribution is 0.481. The molecule has 5 heteroatoms. The Hall–Kier alpha value is -5.16. The Balaban J connectivity index is 1.33. The molecule has 242 valence electrons. The number of nitrogens with zero attached hydrogens (tertiary/aromatic N) is 4. The van der Waals surface area contributed by atoms with Crippen molar-refractivity contribution in [3.63, 3.8) is 0 Å². The fraction of sp³-hybridized carbons (Fsp3) is 0.256. The van der Waals surface area contributed by atoms with E-state index in [0.717, 1.165) is 58.3 Å². The van der Waals surface area contributed by atoms with Crippen LogP contribution in [0.15, 0.2) is 91.1 Å². The van der Waals surface area contributed by atoms with E-state index in [1.165, 1.54) is 49.7 Å². The molecule has 0 spiro atoms. The molecule has 0 aliphatic rings. The first-order valence-electron chi connectivity index (χ1n) is 17.1. The summed E-state index contributed by atoms with van der Waals surface area (Å²) >= 11 is 0. The van der Waals surface area contributed by atoms with E-state index in [2.05, 4.69) is 150 Å². The van der Waals surface area contributed by atoms with E-state index < -0.39 is 0 Å². The van der Waals surface area contributed by atoms with Crippen molar-refractivity contribution in [2.24, 2.45) is 0 Å². The number of fused-ring (bicyclic) bond motifs is 3. The van der Waals surface area contributed by atoms with Gasteiger partial charge in [0.15, 0.2) is 0 Å². The second-order valence-corrected chi connectivity index (χ2v) is 13.6. The van der Waals surface area contributed by atoms with Crippen LogP contribution in [0, 0.1) is 34.6 Å². The highest BCUT2D eigenvalue weighted by molar-refractivity contribution is 6.09. The van der Waals surface area contributed by atoms with Gasteiger partial charge in [-0.3, -0.25) is 4.57 Å². The van der Waals surface area contributed by atoms with Gasteiger partial charge in [0.2, 0.25) is 0 Å². The molecule has 0 bridgehead atoms. The Bertz CT molecular complexity index is 2300. The summed E-state index contributed by atoms with van der Waals surface area (Å²) in [6, 6.07) is 30.3. The molecule has 0 aliphatic carbocycles. The van der Waals surface area contributed by atoms with E-state index in [1.54, 1.807) is 0 Å². The van der Waals surface area contributed by atoms with Crippen molar-refractivity contribution in [1.29, 1.82) is 0 Å². The molecule has 0 aliphatic heterocycles. The van der Waals surface area contributed by atoms with Crippen LogP contribution in [0.4, 0.5) is 0 Å². The van der Waals surface area contributed by atoms with Crippen LogP contribution in [0.5, 0.6) is 11.5 Å². The van der Waals surface area contributed by atoms with Crippen molar-refractivity contribution in [1.82, 2.24) is 19.3 Å². The Kier molecular flexibility index (Phi) is 8.16. The highest BCUT2D eigenvalue weighted by atomic mass is 16.5. The van der Waals surface area contributed by atoms with Crippen molar-refractivity contribution in [3.05, 3.63) is 130 Å². The van der Waals surface area contributed by atoms with Gasteiger partial charge in [0.1, 0.15) is 17.3 Å². The Morgan fingerprint density at radius 3 is 2.23 bits per heavy atom. The van der Waals surface area contributed by atoms with Gasteiger partial charge in [-0.1, -0.05) is 63.1 Å². The van der Waals surface area contributed by atoms with E-state index in [0.29, 0.717) is 5.92 Å². The van der Waals surface area contributed by atoms with Crippen molar-refractivity contribution in [2.75, 3.05) is 0 Å². The van der Waals surface area contributed by atoms with Gasteiger partial charge >= 0.3 is 0 Å². The maximum atomic E-state index is 6.73. The van der Waals surface area contributed by atoms with Gasteiger partial charge in [0, 0.05) is 40.4 Å². The standard InChI is InChI=1S/C43H44N4O/c1-9-12-32-17-18-44-41(21-32)46-39-14-11-10-13-37(39)38-16-15-35(25-40(38)46)48-36-23-33(26(2)3)22-34(24-36)47-31(8)43(30(7)45-47)42-28(5)19-27(4)20-29(42)6/h10-11,13-26H,9,12H2,1-8H3. The molecule has 0 unspecified atom stereocenters. The molecule has 0 radical (unpaired) electrons. The third-order valence-electron chi connectivity index (χ3n) is 9.50. The van der Waals surface area contributed by atoms with E-state index in [-0.39, 0.29) is 0 Å². The molecule has 0 N–H and O–H groups in total. The summed E-state index contributed by atoms with van der Waals surface area (Å²) in [5, 5.41) is 7.47. The number of aromatic nitrogens is 4. The maximum absolute atomic E-state index is 6.73. The largest absolute Gasteiger partial charge is 0.457 e. The van der Waals surface area contributed by atoms with Crippen LogP contribution in [-0.2, 0) is 6.42 Å². The van der Waals surface area contributed by atoms with Crippen molar-refractivity contribution in [2.45, 2.75) is 74.1 Å². The molecule has 0 atom stereocenters. The van der Waals surface area contributed by atoms with Crippen molar-refractivity contribution in [3.8, 4) is 34.1 Å². The van der Waals surface area contributed by atoms with Crippen LogP contribution in [0.3, 0.4) is 0 Å². The zero-order valence-electron chi connectivity index (χ0n) is 29.3. The minimum absolute atomic E-state index is 0.316. The normalized spacial score (nSPS) is 11.7. The van der Waals surface area contributed by atoms with Gasteiger partial charge in [-0.05, 0) is 117 Å². The van der Waals surface area contributed by atoms with Crippen LogP contribution in [0.2, 0.25) is 0 Å². The summed E-state index contributed by atoms with van der Waals surface area (Å²) in [6.07, 6.45) is 4.04. The van der Waals surface area contributed by atoms with E-state index in [1.807, 2.05) is 6.20 Å². The first-order valence-corrected chi connectivity index (χ1v) is 17.1. The Morgan fingerprint density at radius 2 is 1.48 bits per heavy atom. The van der Waals surface area contributed by atoms with Crippen molar-refractivity contribution >= 4 is 21.8 Å². The summed E-state index contributed by atoms with van der Waals surface area (Å²) in [4.78, 5) is 4.82. The molecule has 7 aromatic rings. The molecule has 0 saturated heterocycles. The number of benzene rings is 4. The zero-order valence-corrected chi connectivity index (χ0v) is 29.3. The van der Waals surface area contributed by atoms with Crippen LogP contribution >= 0.6 is 0 Å². The maximum Gasteiger partial charge on any atom is 0.137 e. The molecule has 4 aromatic carbocycles. The monoisotopic (exact) mass is 632 g/mol. The van der Waals surface area contributed by atoms with E-state index >= 15 is 0 Å². The summed E-state index contributed by atoms with van der Waals surface area (Å²) in [6.45, 7) is 17.5. The molecule has 3 heterocycles. The van der Waals surface area contributed by atoms with E-state index in [9.17, 15) is 0 Å². The quantitative estimate of drug-likeness (QED) is 0.167. The minimum atomic E-state index is 0.316. The van der Waals surface area contributed by atoms with Gasteiger partial charge in [0.25, 0.3) is 0 Å². The van der Waals surface area contributed by atoms with E-state index in [4.69, 9.17) is 14.8 Å². The number of rotatable bonds is 8. The second kappa shape index (κ2) is 12.5. The fourth-order valence-electron chi connectivity index (χ4n) is 7.37. The zero-order chi connectivity index (χ0) is 33.7. The lowest BCUT2D eigenvalue weighted by Gasteiger charge is -2.15. The highest BCUT2D eigenvalue weighted by Gasteiger charge is 2.20. The number of pyridine rings is 1. The van der Waals surface area contributed by atoms with Gasteiger partial charge in [-0.2, -0.15) is 5.10 Å². The smallest absolute Gasteiger partial charge is 0.137 e. The number of para-hydroxylation sites is 1. The van der Waals surface area contributed by atoms with Gasteiger partial charge in [0.05, 0.1) is 22.4 Å². The highest BCUT2D eigenvalue weighted by Crippen LogP contribution is 2.38. The number of hydrogen-bond donors (Lipinski definition) is 0. The minimum Gasteiger partial charge on any atom is -0.457 e. The second-order valence-electron chi connectivity index (χ2n) is 13.6. The number of ether oxygens (including phenoxy) is 1. The lowest BCUT2D eigenvalue weighted by atomic mass is 9.92. The number of aryl methyl sites for hydroxylation is 5. The molecule has 7 rings (SSSR count). The predicted molar refractivity (Wildman–Crippen MR) is 199 cm³/mol. The summed E-state index contributed by atoms with van der Waals surface area (Å²) < 4.78 is 11.1. The molecule has 0 saturated carbocycles.